The fourth-order valence-electron chi connectivity index (χ4n) is 3.86. The summed E-state index contributed by atoms with van der Waals surface area (Å²) in [5, 5.41) is 0. The Kier molecular flexibility index (Phi) is 6.42. The first-order valence-corrected chi connectivity index (χ1v) is 9.72. The molecule has 0 bridgehead atoms. The molecule has 0 N–H and O–H groups in total. The van der Waals surface area contributed by atoms with Gasteiger partial charge < -0.3 is 14.7 Å². The first-order valence-electron chi connectivity index (χ1n) is 9.72. The molecule has 0 unspecified atom stereocenters. The Labute approximate surface area is 158 Å². The molecule has 1 aromatic carbocycles. The molecule has 27 heavy (non-hydrogen) atoms. The minimum Gasteiger partial charge on any atom is -0.340 e. The van der Waals surface area contributed by atoms with Crippen LogP contribution in [0.25, 0.3) is 0 Å². The van der Waals surface area contributed by atoms with Gasteiger partial charge in [-0.05, 0) is 43.5 Å². The van der Waals surface area contributed by atoms with E-state index in [2.05, 4.69) is 11.8 Å². The second-order valence-corrected chi connectivity index (χ2v) is 7.38. The largest absolute Gasteiger partial charge is 0.340 e. The maximum atomic E-state index is 13.8. The zero-order chi connectivity index (χ0) is 19.4. The average molecular weight is 379 g/mol. The number of benzene rings is 1. The van der Waals surface area contributed by atoms with Crippen LogP contribution in [0, 0.1) is 17.6 Å². The number of carbonyl (C=O) groups excluding carboxylic acids is 2. The number of piperazine rings is 1. The van der Waals surface area contributed by atoms with Gasteiger partial charge in [0.15, 0.2) is 0 Å². The number of hydrogen-bond acceptors (Lipinski definition) is 3. The lowest BCUT2D eigenvalue weighted by Gasteiger charge is -2.36. The molecule has 2 aliphatic rings. The summed E-state index contributed by atoms with van der Waals surface area (Å²) in [4.78, 5) is 30.8. The van der Waals surface area contributed by atoms with Gasteiger partial charge in [0.05, 0.1) is 5.56 Å². The number of halogens is 2. The van der Waals surface area contributed by atoms with E-state index in [1.165, 1.54) is 0 Å². The van der Waals surface area contributed by atoms with E-state index in [1.54, 1.807) is 4.90 Å². The highest BCUT2D eigenvalue weighted by Gasteiger charge is 2.28. The van der Waals surface area contributed by atoms with Crippen LogP contribution in [-0.4, -0.2) is 72.3 Å². The van der Waals surface area contributed by atoms with Gasteiger partial charge in [-0.1, -0.05) is 6.92 Å². The smallest absolute Gasteiger partial charge is 0.256 e. The van der Waals surface area contributed by atoms with Gasteiger partial charge in [0.25, 0.3) is 5.91 Å². The van der Waals surface area contributed by atoms with Crippen LogP contribution in [0.1, 0.15) is 36.5 Å². The molecule has 2 heterocycles. The molecule has 0 aromatic heterocycles. The first kappa shape index (κ1) is 19.7. The molecule has 0 radical (unpaired) electrons. The number of likely N-dealkylation sites (N-methyl/N-ethyl adjacent to an activating group) is 1. The highest BCUT2D eigenvalue weighted by molar-refractivity contribution is 5.94. The van der Waals surface area contributed by atoms with E-state index >= 15 is 0 Å². The van der Waals surface area contributed by atoms with Gasteiger partial charge in [0, 0.05) is 45.7 Å². The molecule has 5 nitrogen and oxygen atoms in total. The summed E-state index contributed by atoms with van der Waals surface area (Å²) >= 11 is 0. The van der Waals surface area contributed by atoms with Gasteiger partial charge >= 0.3 is 0 Å². The van der Waals surface area contributed by atoms with Crippen molar-refractivity contribution in [3.05, 3.63) is 35.4 Å². The van der Waals surface area contributed by atoms with Gasteiger partial charge in [-0.15, -0.1) is 0 Å². The topological polar surface area (TPSA) is 43.9 Å². The highest BCUT2D eigenvalue weighted by atomic mass is 19.1. The van der Waals surface area contributed by atoms with Crippen LogP contribution in [0.3, 0.4) is 0 Å². The molecule has 2 saturated heterocycles. The SMILES string of the molecule is CCN1CCN(C(=O)CC2CCN(C(=O)c3cc(F)ccc3F)CC2)CC1. The van der Waals surface area contributed by atoms with Crippen LogP contribution in [-0.2, 0) is 4.79 Å². The van der Waals surface area contributed by atoms with Crippen molar-refractivity contribution in [2.75, 3.05) is 45.8 Å². The van der Waals surface area contributed by atoms with Crippen LogP contribution >= 0.6 is 0 Å². The van der Waals surface area contributed by atoms with E-state index in [9.17, 15) is 18.4 Å². The third kappa shape index (κ3) is 4.83. The summed E-state index contributed by atoms with van der Waals surface area (Å²) in [6, 6.07) is 2.93. The Balaban J connectivity index is 1.48. The minimum atomic E-state index is -0.704. The lowest BCUT2D eigenvalue weighted by molar-refractivity contribution is -0.134. The molecule has 7 heteroatoms. The third-order valence-corrected chi connectivity index (χ3v) is 5.70. The number of nitrogens with zero attached hydrogens (tertiary/aromatic N) is 3. The highest BCUT2D eigenvalue weighted by Crippen LogP contribution is 2.24. The molecule has 0 saturated carbocycles. The fourth-order valence-corrected chi connectivity index (χ4v) is 3.86. The van der Waals surface area contributed by atoms with Crippen LogP contribution in [0.5, 0.6) is 0 Å². The van der Waals surface area contributed by atoms with Gasteiger partial charge in [0.2, 0.25) is 5.91 Å². The first-order chi connectivity index (χ1) is 13.0. The number of rotatable bonds is 4. The lowest BCUT2D eigenvalue weighted by Crippen LogP contribution is -2.49. The molecule has 0 atom stereocenters. The zero-order valence-corrected chi connectivity index (χ0v) is 15.8. The normalized spacial score (nSPS) is 19.4. The number of piperidine rings is 1. The predicted octanol–water partition coefficient (Wildman–Crippen LogP) is 2.37. The summed E-state index contributed by atoms with van der Waals surface area (Å²) < 4.78 is 27.1. The van der Waals surface area contributed by atoms with E-state index in [-0.39, 0.29) is 17.4 Å². The van der Waals surface area contributed by atoms with Crippen molar-refractivity contribution in [3.63, 3.8) is 0 Å². The van der Waals surface area contributed by atoms with Crippen molar-refractivity contribution in [2.24, 2.45) is 5.92 Å². The molecule has 2 fully saturated rings. The molecule has 0 spiro atoms. The summed E-state index contributed by atoms with van der Waals surface area (Å²) in [7, 11) is 0. The van der Waals surface area contributed by atoms with Crippen LogP contribution in [0.4, 0.5) is 8.78 Å². The molecular formula is C20H27F2N3O2. The average Bonchev–Trinajstić information content (AvgIpc) is 2.70. The van der Waals surface area contributed by atoms with Crippen LogP contribution < -0.4 is 0 Å². The fraction of sp³-hybridized carbons (Fsp3) is 0.600. The Bertz CT molecular complexity index is 682. The van der Waals surface area contributed by atoms with Crippen LogP contribution in [0.15, 0.2) is 18.2 Å². The number of amides is 2. The van der Waals surface area contributed by atoms with Crippen molar-refractivity contribution < 1.29 is 18.4 Å². The zero-order valence-electron chi connectivity index (χ0n) is 15.8. The van der Waals surface area contributed by atoms with E-state index in [0.29, 0.717) is 32.4 Å². The van der Waals surface area contributed by atoms with Crippen LogP contribution in [0.2, 0.25) is 0 Å². The van der Waals surface area contributed by atoms with Gasteiger partial charge in [-0.25, -0.2) is 8.78 Å². The predicted molar refractivity (Wildman–Crippen MR) is 98.3 cm³/mol. The molecule has 3 rings (SSSR count). The molecular weight excluding hydrogens is 352 g/mol. The number of likely N-dealkylation sites (tertiary alicyclic amines) is 1. The minimum absolute atomic E-state index is 0.187. The summed E-state index contributed by atoms with van der Waals surface area (Å²) in [6.45, 7) is 7.49. The van der Waals surface area contributed by atoms with Crippen molar-refractivity contribution in [1.82, 2.24) is 14.7 Å². The Hall–Kier alpha value is -2.02. The Morgan fingerprint density at radius 1 is 1.00 bits per heavy atom. The maximum Gasteiger partial charge on any atom is 0.256 e. The van der Waals surface area contributed by atoms with E-state index in [0.717, 1.165) is 50.9 Å². The molecule has 0 aliphatic carbocycles. The summed E-state index contributed by atoms with van der Waals surface area (Å²) in [5.41, 5.74) is -0.224. The Morgan fingerprint density at radius 2 is 1.67 bits per heavy atom. The summed E-state index contributed by atoms with van der Waals surface area (Å²) in [6.07, 6.45) is 1.93. The summed E-state index contributed by atoms with van der Waals surface area (Å²) in [5.74, 6) is -1.38. The quantitative estimate of drug-likeness (QED) is 0.807. The van der Waals surface area contributed by atoms with Crippen molar-refractivity contribution in [2.45, 2.75) is 26.2 Å². The standard InChI is InChI=1S/C20H27F2N3O2/c1-2-23-9-11-24(12-10-23)19(26)13-15-5-7-25(8-6-15)20(27)17-14-16(21)3-4-18(17)22/h3-4,14-15H,2,5-13H2,1H3. The number of carbonyl (C=O) groups is 2. The van der Waals surface area contributed by atoms with E-state index in [4.69, 9.17) is 0 Å². The van der Waals surface area contributed by atoms with E-state index in [1.807, 2.05) is 4.90 Å². The lowest BCUT2D eigenvalue weighted by atomic mass is 9.92. The number of hydrogen-bond donors (Lipinski definition) is 0. The van der Waals surface area contributed by atoms with Crippen molar-refractivity contribution in [3.8, 4) is 0 Å². The molecule has 2 aliphatic heterocycles. The molecule has 2 amide bonds. The van der Waals surface area contributed by atoms with Gasteiger partial charge in [-0.3, -0.25) is 9.59 Å². The molecule has 148 valence electrons. The third-order valence-electron chi connectivity index (χ3n) is 5.70. The van der Waals surface area contributed by atoms with E-state index < -0.39 is 17.5 Å². The van der Waals surface area contributed by atoms with Gasteiger partial charge in [0.1, 0.15) is 11.6 Å². The van der Waals surface area contributed by atoms with Crippen molar-refractivity contribution in [1.29, 1.82) is 0 Å². The van der Waals surface area contributed by atoms with Gasteiger partial charge in [-0.2, -0.15) is 0 Å². The second kappa shape index (κ2) is 8.78. The van der Waals surface area contributed by atoms with Crippen molar-refractivity contribution >= 4 is 11.8 Å². The second-order valence-electron chi connectivity index (χ2n) is 7.38. The maximum absolute atomic E-state index is 13.8. The molecule has 1 aromatic rings. The monoisotopic (exact) mass is 379 g/mol. The Morgan fingerprint density at radius 3 is 2.30 bits per heavy atom.